The molecule has 1 aromatic rings. The first-order chi connectivity index (χ1) is 7.56. The lowest BCUT2D eigenvalue weighted by atomic mass is 10.0. The lowest BCUT2D eigenvalue weighted by molar-refractivity contribution is -0.149. The van der Waals surface area contributed by atoms with E-state index in [-0.39, 0.29) is 19.0 Å². The topological polar surface area (TPSA) is 52.3 Å². The van der Waals surface area contributed by atoms with Gasteiger partial charge in [0.05, 0.1) is 12.6 Å². The molecule has 1 rings (SSSR count). The van der Waals surface area contributed by atoms with Gasteiger partial charge >= 0.3 is 5.97 Å². The highest BCUT2D eigenvalue weighted by atomic mass is 35.5. The number of benzene rings is 1. The molecule has 0 saturated carbocycles. The Kier molecular flexibility index (Phi) is 6.76. The molecule has 0 saturated heterocycles. The van der Waals surface area contributed by atoms with Crippen LogP contribution in [0.15, 0.2) is 24.3 Å². The van der Waals surface area contributed by atoms with Gasteiger partial charge in [-0.1, -0.05) is 29.8 Å². The summed E-state index contributed by atoms with van der Waals surface area (Å²) in [5, 5.41) is 0. The minimum atomic E-state index is -1.82. The molecule has 0 amide bonds. The van der Waals surface area contributed by atoms with Crippen LogP contribution in [0.1, 0.15) is 24.1 Å². The predicted octanol–water partition coefficient (Wildman–Crippen LogP) is 2.32. The van der Waals surface area contributed by atoms with Crippen LogP contribution in [0.25, 0.3) is 0 Å². The molecular formula is C12H17ClFNO2. The van der Waals surface area contributed by atoms with Gasteiger partial charge in [-0.05, 0) is 19.4 Å². The zero-order chi connectivity index (χ0) is 12.1. The summed E-state index contributed by atoms with van der Waals surface area (Å²) in [6.07, 6.45) is -1.82. The van der Waals surface area contributed by atoms with Crippen molar-refractivity contribution in [3.63, 3.8) is 0 Å². The van der Waals surface area contributed by atoms with E-state index in [2.05, 4.69) is 4.74 Å². The maximum absolute atomic E-state index is 13.6. The molecule has 3 nitrogen and oxygen atoms in total. The van der Waals surface area contributed by atoms with Crippen LogP contribution in [-0.4, -0.2) is 18.7 Å². The number of halogens is 2. The Morgan fingerprint density at radius 2 is 1.94 bits per heavy atom. The van der Waals surface area contributed by atoms with Gasteiger partial charge in [-0.15, -0.1) is 12.4 Å². The van der Waals surface area contributed by atoms with E-state index in [1.807, 2.05) is 19.1 Å². The maximum Gasteiger partial charge on any atom is 0.342 e. The van der Waals surface area contributed by atoms with Crippen molar-refractivity contribution in [1.82, 2.24) is 0 Å². The largest absolute Gasteiger partial charge is 0.464 e. The molecule has 0 heterocycles. The molecule has 1 unspecified atom stereocenters. The molecular weight excluding hydrogens is 245 g/mol. The number of hydrogen-bond acceptors (Lipinski definition) is 3. The molecule has 2 N–H and O–H groups in total. The summed E-state index contributed by atoms with van der Waals surface area (Å²) in [6, 6.07) is 6.11. The predicted molar refractivity (Wildman–Crippen MR) is 66.9 cm³/mol. The van der Waals surface area contributed by atoms with Crippen molar-refractivity contribution in [1.29, 1.82) is 0 Å². The Balaban J connectivity index is 0.00000256. The van der Waals surface area contributed by atoms with Gasteiger partial charge in [0.2, 0.25) is 6.17 Å². The van der Waals surface area contributed by atoms with E-state index >= 15 is 0 Å². The van der Waals surface area contributed by atoms with Gasteiger partial charge in [-0.2, -0.15) is 0 Å². The van der Waals surface area contributed by atoms with Crippen molar-refractivity contribution in [3.05, 3.63) is 35.4 Å². The van der Waals surface area contributed by atoms with Crippen LogP contribution < -0.4 is 5.73 Å². The van der Waals surface area contributed by atoms with Crippen LogP contribution in [0.5, 0.6) is 0 Å². The number of ether oxygens (including phenoxy) is 1. The molecule has 0 aliphatic rings. The second kappa shape index (κ2) is 7.25. The fourth-order valence-electron chi connectivity index (χ4n) is 1.33. The Labute approximate surface area is 107 Å². The maximum atomic E-state index is 13.6. The van der Waals surface area contributed by atoms with Crippen molar-refractivity contribution >= 4 is 18.4 Å². The molecule has 0 bridgehead atoms. The van der Waals surface area contributed by atoms with Crippen LogP contribution in [-0.2, 0) is 9.53 Å². The van der Waals surface area contributed by atoms with E-state index in [0.717, 1.165) is 5.56 Å². The van der Waals surface area contributed by atoms with E-state index in [9.17, 15) is 9.18 Å². The summed E-state index contributed by atoms with van der Waals surface area (Å²) in [5.41, 5.74) is 7.29. The molecule has 1 aromatic carbocycles. The Bertz CT molecular complexity index is 356. The molecule has 96 valence electrons. The van der Waals surface area contributed by atoms with E-state index in [1.165, 1.54) is 0 Å². The summed E-state index contributed by atoms with van der Waals surface area (Å²) in [7, 11) is 0. The van der Waals surface area contributed by atoms with Crippen LogP contribution in [0.3, 0.4) is 0 Å². The van der Waals surface area contributed by atoms with Crippen LogP contribution in [0.4, 0.5) is 4.39 Å². The number of esters is 1. The van der Waals surface area contributed by atoms with Gasteiger partial charge in [0, 0.05) is 0 Å². The third-order valence-corrected chi connectivity index (χ3v) is 2.29. The van der Waals surface area contributed by atoms with Crippen LogP contribution in [0.2, 0.25) is 0 Å². The van der Waals surface area contributed by atoms with Gasteiger partial charge in [0.1, 0.15) is 0 Å². The van der Waals surface area contributed by atoms with Crippen molar-refractivity contribution in [3.8, 4) is 0 Å². The zero-order valence-corrected chi connectivity index (χ0v) is 10.7. The molecule has 0 aliphatic carbocycles. The molecule has 5 heteroatoms. The first-order valence-electron chi connectivity index (χ1n) is 5.19. The standard InChI is InChI=1S/C12H16FNO2.ClH/c1-3-16-12(15)10(13)11(14)9-6-4-8(2)5-7-9;/h4-7,10-11H,3,14H2,1-2H3;1H/t10?,11-;/m0./s1. The summed E-state index contributed by atoms with van der Waals surface area (Å²) in [6.45, 7) is 3.70. The second-order valence-electron chi connectivity index (χ2n) is 3.59. The number of carbonyl (C=O) groups is 1. The first-order valence-corrected chi connectivity index (χ1v) is 5.19. The third-order valence-electron chi connectivity index (χ3n) is 2.29. The number of carbonyl (C=O) groups excluding carboxylic acids is 1. The Morgan fingerprint density at radius 1 is 1.41 bits per heavy atom. The van der Waals surface area contributed by atoms with Gasteiger partial charge in [0.25, 0.3) is 0 Å². The molecule has 0 spiro atoms. The normalized spacial score (nSPS) is 13.4. The quantitative estimate of drug-likeness (QED) is 0.847. The first kappa shape index (κ1) is 15.9. The summed E-state index contributed by atoms with van der Waals surface area (Å²) >= 11 is 0. The van der Waals surface area contributed by atoms with Gasteiger partial charge < -0.3 is 10.5 Å². The fraction of sp³-hybridized carbons (Fsp3) is 0.417. The number of rotatable bonds is 4. The molecule has 0 aliphatic heterocycles. The molecule has 17 heavy (non-hydrogen) atoms. The van der Waals surface area contributed by atoms with E-state index in [1.54, 1.807) is 19.1 Å². The highest BCUT2D eigenvalue weighted by Crippen LogP contribution is 2.18. The van der Waals surface area contributed by atoms with Crippen molar-refractivity contribution < 1.29 is 13.9 Å². The Hall–Kier alpha value is -1.13. The monoisotopic (exact) mass is 261 g/mol. The van der Waals surface area contributed by atoms with Gasteiger partial charge in [-0.25, -0.2) is 9.18 Å². The molecule has 0 fully saturated rings. The second-order valence-corrected chi connectivity index (χ2v) is 3.59. The highest BCUT2D eigenvalue weighted by Gasteiger charge is 2.27. The minimum absolute atomic E-state index is 0. The summed E-state index contributed by atoms with van der Waals surface area (Å²) in [5.74, 6) is -0.907. The average Bonchev–Trinajstić information content (AvgIpc) is 2.28. The van der Waals surface area contributed by atoms with E-state index < -0.39 is 18.2 Å². The summed E-state index contributed by atoms with van der Waals surface area (Å²) in [4.78, 5) is 11.1. The fourth-order valence-corrected chi connectivity index (χ4v) is 1.33. The van der Waals surface area contributed by atoms with E-state index in [4.69, 9.17) is 5.73 Å². The molecule has 0 aromatic heterocycles. The highest BCUT2D eigenvalue weighted by molar-refractivity contribution is 5.85. The van der Waals surface area contributed by atoms with Crippen molar-refractivity contribution in [2.45, 2.75) is 26.1 Å². The molecule has 2 atom stereocenters. The third kappa shape index (κ3) is 4.32. The van der Waals surface area contributed by atoms with Crippen LogP contribution >= 0.6 is 12.4 Å². The van der Waals surface area contributed by atoms with Gasteiger partial charge in [0.15, 0.2) is 0 Å². The summed E-state index contributed by atoms with van der Waals surface area (Å²) < 4.78 is 18.1. The lowest BCUT2D eigenvalue weighted by Gasteiger charge is -2.15. The zero-order valence-electron chi connectivity index (χ0n) is 9.85. The van der Waals surface area contributed by atoms with Crippen molar-refractivity contribution in [2.75, 3.05) is 6.61 Å². The lowest BCUT2D eigenvalue weighted by Crippen LogP contribution is -2.31. The Morgan fingerprint density at radius 3 is 2.41 bits per heavy atom. The average molecular weight is 262 g/mol. The molecule has 0 radical (unpaired) electrons. The van der Waals surface area contributed by atoms with E-state index in [0.29, 0.717) is 5.56 Å². The van der Waals surface area contributed by atoms with Gasteiger partial charge in [-0.3, -0.25) is 0 Å². The minimum Gasteiger partial charge on any atom is -0.464 e. The number of aryl methyl sites for hydroxylation is 1. The SMILES string of the molecule is CCOC(=O)C(F)[C@@H](N)c1ccc(C)cc1.Cl. The van der Waals surface area contributed by atoms with Crippen molar-refractivity contribution in [2.24, 2.45) is 5.73 Å². The number of alkyl halides is 1. The number of nitrogens with two attached hydrogens (primary N) is 1. The van der Waals surface area contributed by atoms with Crippen LogP contribution in [0, 0.1) is 6.92 Å². The smallest absolute Gasteiger partial charge is 0.342 e. The number of hydrogen-bond donors (Lipinski definition) is 1.